The van der Waals surface area contributed by atoms with Gasteiger partial charge in [-0.2, -0.15) is 0 Å². The Balaban J connectivity index is 1.54. The number of carbonyl (C=O) groups excluding carboxylic acids is 2. The number of nitrogens with zero attached hydrogens (tertiary/aromatic N) is 4. The van der Waals surface area contributed by atoms with Crippen LogP contribution >= 0.6 is 0 Å². The number of non-ortho nitro benzene ring substituents is 1. The molecule has 2 amide bonds. The lowest BCUT2D eigenvalue weighted by atomic mass is 9.89. The van der Waals surface area contributed by atoms with E-state index in [-0.39, 0.29) is 23.5 Å². The summed E-state index contributed by atoms with van der Waals surface area (Å²) in [5.74, 6) is -0.982. The van der Waals surface area contributed by atoms with E-state index in [1.54, 1.807) is 0 Å². The largest absolute Gasteiger partial charge is 0.274 e. The Bertz CT molecular complexity index is 1000. The van der Waals surface area contributed by atoms with Crippen molar-refractivity contribution in [2.45, 2.75) is 25.4 Å². The van der Waals surface area contributed by atoms with Gasteiger partial charge in [0.05, 0.1) is 22.6 Å². The van der Waals surface area contributed by atoms with Crippen LogP contribution in [-0.4, -0.2) is 45.9 Å². The molecule has 3 aliphatic rings. The molecule has 2 aromatic rings. The maximum absolute atomic E-state index is 13.4. The summed E-state index contributed by atoms with van der Waals surface area (Å²) in [6, 6.07) is 13.0. The van der Waals surface area contributed by atoms with Gasteiger partial charge in [-0.1, -0.05) is 29.8 Å². The molecule has 0 radical (unpaired) electrons. The smallest absolute Gasteiger partial charge is 0.269 e. The number of hydrogen-bond acceptors (Lipinski definition) is 6. The third kappa shape index (κ3) is 2.60. The van der Waals surface area contributed by atoms with Gasteiger partial charge in [-0.3, -0.25) is 19.7 Å². The van der Waals surface area contributed by atoms with Gasteiger partial charge in [-0.15, -0.1) is 0 Å². The fourth-order valence-electron chi connectivity index (χ4n) is 4.85. The third-order valence-corrected chi connectivity index (χ3v) is 6.14. The molecule has 29 heavy (non-hydrogen) atoms. The van der Waals surface area contributed by atoms with Crippen molar-refractivity contribution < 1.29 is 14.5 Å². The molecule has 3 saturated heterocycles. The van der Waals surface area contributed by atoms with E-state index in [0.29, 0.717) is 5.69 Å². The summed E-state index contributed by atoms with van der Waals surface area (Å²) >= 11 is 0. The zero-order chi connectivity index (χ0) is 20.3. The van der Waals surface area contributed by atoms with Gasteiger partial charge >= 0.3 is 0 Å². The van der Waals surface area contributed by atoms with Crippen LogP contribution in [0.5, 0.6) is 0 Å². The lowest BCUT2D eigenvalue weighted by molar-refractivity contribution is -0.384. The number of benzene rings is 2. The summed E-state index contributed by atoms with van der Waals surface area (Å²) < 4.78 is 0. The highest BCUT2D eigenvalue weighted by Crippen LogP contribution is 2.48. The molecule has 0 spiro atoms. The number of hydrogen-bond donors (Lipinski definition) is 0. The first-order valence-electron chi connectivity index (χ1n) is 9.69. The van der Waals surface area contributed by atoms with Gasteiger partial charge in [0.1, 0.15) is 6.04 Å². The Labute approximate surface area is 167 Å². The highest BCUT2D eigenvalue weighted by Gasteiger charge is 2.62. The summed E-state index contributed by atoms with van der Waals surface area (Å²) in [5.41, 5.74) is 2.48. The van der Waals surface area contributed by atoms with Crippen molar-refractivity contribution in [2.24, 2.45) is 5.92 Å². The first-order valence-corrected chi connectivity index (χ1v) is 9.69. The molecule has 3 atom stereocenters. The second-order valence-corrected chi connectivity index (χ2v) is 7.79. The number of amides is 2. The molecular weight excluding hydrogens is 372 g/mol. The Hall–Kier alpha value is -3.10. The van der Waals surface area contributed by atoms with Crippen LogP contribution in [0.15, 0.2) is 48.5 Å². The fourth-order valence-corrected chi connectivity index (χ4v) is 4.85. The molecule has 0 aliphatic carbocycles. The van der Waals surface area contributed by atoms with Crippen LogP contribution in [0.1, 0.15) is 23.6 Å². The predicted molar refractivity (Wildman–Crippen MR) is 105 cm³/mol. The van der Waals surface area contributed by atoms with Gasteiger partial charge in [-0.25, -0.2) is 14.9 Å². The van der Waals surface area contributed by atoms with Crippen LogP contribution in [0.25, 0.3) is 0 Å². The minimum absolute atomic E-state index is 0.0729. The number of anilines is 1. The highest BCUT2D eigenvalue weighted by molar-refractivity contribution is 6.24. The second-order valence-electron chi connectivity index (χ2n) is 7.79. The zero-order valence-corrected chi connectivity index (χ0v) is 15.9. The summed E-state index contributed by atoms with van der Waals surface area (Å²) in [7, 11) is 0. The van der Waals surface area contributed by atoms with Crippen LogP contribution in [0.4, 0.5) is 11.4 Å². The van der Waals surface area contributed by atoms with Crippen molar-refractivity contribution in [2.75, 3.05) is 18.0 Å². The van der Waals surface area contributed by atoms with Crippen molar-refractivity contribution in [3.8, 4) is 0 Å². The van der Waals surface area contributed by atoms with Crippen LogP contribution in [0.2, 0.25) is 0 Å². The van der Waals surface area contributed by atoms with Crippen LogP contribution in [-0.2, 0) is 9.59 Å². The number of aryl methyl sites for hydroxylation is 1. The quantitative estimate of drug-likeness (QED) is 0.453. The van der Waals surface area contributed by atoms with E-state index < -0.39 is 16.9 Å². The second kappa shape index (κ2) is 6.47. The number of nitro benzene ring substituents is 1. The molecule has 0 N–H and O–H groups in total. The third-order valence-electron chi connectivity index (χ3n) is 6.14. The van der Waals surface area contributed by atoms with Crippen molar-refractivity contribution in [1.29, 1.82) is 0 Å². The summed E-state index contributed by atoms with van der Waals surface area (Å²) in [4.78, 5) is 38.3. The maximum Gasteiger partial charge on any atom is 0.269 e. The molecule has 0 saturated carbocycles. The highest BCUT2D eigenvalue weighted by atomic mass is 16.6. The fraction of sp³-hybridized carbons (Fsp3) is 0.333. The van der Waals surface area contributed by atoms with E-state index in [4.69, 9.17) is 0 Å². The predicted octanol–water partition coefficient (Wildman–Crippen LogP) is 2.44. The number of carbonyl (C=O) groups is 2. The number of rotatable bonds is 3. The van der Waals surface area contributed by atoms with Crippen molar-refractivity contribution in [3.05, 3.63) is 69.8 Å². The zero-order valence-electron chi connectivity index (χ0n) is 15.9. The summed E-state index contributed by atoms with van der Waals surface area (Å²) in [6.45, 7) is 3.59. The Kier molecular flexibility index (Phi) is 4.01. The Morgan fingerprint density at radius 3 is 2.14 bits per heavy atom. The topological polar surface area (TPSA) is 87.0 Å². The van der Waals surface area contributed by atoms with Gasteiger partial charge in [0.15, 0.2) is 0 Å². The van der Waals surface area contributed by atoms with Crippen LogP contribution in [0, 0.1) is 23.0 Å². The van der Waals surface area contributed by atoms with E-state index in [1.807, 2.05) is 36.2 Å². The molecule has 3 fully saturated rings. The standard InChI is InChI=1S/C21H20N4O4/c1-13-3-5-14(6-4-13)18-17-19(23-12-2-11-22(18)23)21(27)24(20(17)26)15-7-9-16(10-8-15)25(28)29/h3-10,17-19H,2,11-12H2,1H3/t17-,18+,19-/m0/s1. The van der Waals surface area contributed by atoms with E-state index in [0.717, 1.165) is 30.6 Å². The van der Waals surface area contributed by atoms with Gasteiger partial charge in [0, 0.05) is 25.2 Å². The molecule has 0 unspecified atom stereocenters. The molecular formula is C21H20N4O4. The first-order chi connectivity index (χ1) is 14.0. The SMILES string of the molecule is Cc1ccc([C@@H]2[C@@H]3C(=O)N(c4ccc([N+](=O)[O-])cc4)C(=O)[C@H]3N3CCCN23)cc1. The summed E-state index contributed by atoms with van der Waals surface area (Å²) in [6.07, 6.45) is 0.949. The van der Waals surface area contributed by atoms with Gasteiger partial charge < -0.3 is 0 Å². The van der Waals surface area contributed by atoms with E-state index >= 15 is 0 Å². The molecule has 0 aromatic heterocycles. The number of hydrazine groups is 1. The van der Waals surface area contributed by atoms with Crippen molar-refractivity contribution in [1.82, 2.24) is 10.0 Å². The molecule has 3 aliphatic heterocycles. The van der Waals surface area contributed by atoms with Gasteiger partial charge in [0.2, 0.25) is 5.91 Å². The monoisotopic (exact) mass is 392 g/mol. The van der Waals surface area contributed by atoms with Crippen LogP contribution in [0.3, 0.4) is 0 Å². The molecule has 8 nitrogen and oxygen atoms in total. The average molecular weight is 392 g/mol. The average Bonchev–Trinajstić information content (AvgIpc) is 3.35. The lowest BCUT2D eigenvalue weighted by Gasteiger charge is -2.29. The molecule has 0 bridgehead atoms. The van der Waals surface area contributed by atoms with E-state index in [1.165, 1.54) is 29.2 Å². The normalized spacial score (nSPS) is 26.8. The van der Waals surface area contributed by atoms with E-state index in [2.05, 4.69) is 5.01 Å². The van der Waals surface area contributed by atoms with Crippen molar-refractivity contribution in [3.63, 3.8) is 0 Å². The molecule has 5 rings (SSSR count). The minimum Gasteiger partial charge on any atom is -0.274 e. The van der Waals surface area contributed by atoms with Crippen LogP contribution < -0.4 is 4.90 Å². The Morgan fingerprint density at radius 1 is 0.897 bits per heavy atom. The molecule has 2 aromatic carbocycles. The maximum atomic E-state index is 13.4. The Morgan fingerprint density at radius 2 is 1.52 bits per heavy atom. The molecule has 3 heterocycles. The summed E-state index contributed by atoms with van der Waals surface area (Å²) in [5, 5.41) is 15.1. The number of imide groups is 1. The lowest BCUT2D eigenvalue weighted by Crippen LogP contribution is -2.44. The minimum atomic E-state index is -0.522. The van der Waals surface area contributed by atoms with Gasteiger partial charge in [0.25, 0.3) is 11.6 Å². The first kappa shape index (κ1) is 18.0. The molecule has 148 valence electrons. The van der Waals surface area contributed by atoms with E-state index in [9.17, 15) is 19.7 Å². The molecule has 8 heteroatoms. The number of nitro groups is 1. The van der Waals surface area contributed by atoms with Crippen molar-refractivity contribution >= 4 is 23.2 Å². The van der Waals surface area contributed by atoms with Gasteiger partial charge in [-0.05, 0) is 31.0 Å². The number of fused-ring (bicyclic) bond motifs is 3.